The fourth-order valence-electron chi connectivity index (χ4n) is 2.33. The van der Waals surface area contributed by atoms with E-state index in [4.69, 9.17) is 12.2 Å². The molecule has 2 atom stereocenters. The van der Waals surface area contributed by atoms with Crippen molar-refractivity contribution in [1.82, 2.24) is 5.32 Å². The average Bonchev–Trinajstić information content (AvgIpc) is 2.63. The number of nitrogens with two attached hydrogens (primary N) is 1. The van der Waals surface area contributed by atoms with Crippen LogP contribution in [0.1, 0.15) is 42.5 Å². The van der Waals surface area contributed by atoms with Gasteiger partial charge in [-0.2, -0.15) is 0 Å². The van der Waals surface area contributed by atoms with Crippen LogP contribution >= 0.6 is 0 Å². The maximum absolute atomic E-state index is 6.09. The first-order valence-electron chi connectivity index (χ1n) is 5.84. The van der Waals surface area contributed by atoms with Crippen molar-refractivity contribution in [3.63, 3.8) is 0 Å². The maximum Gasteiger partial charge on any atom is 0.0341 e. The van der Waals surface area contributed by atoms with Crippen LogP contribution in [0.15, 0.2) is 24.3 Å². The first-order chi connectivity index (χ1) is 7.83. The van der Waals surface area contributed by atoms with Gasteiger partial charge in [0.1, 0.15) is 0 Å². The van der Waals surface area contributed by atoms with Gasteiger partial charge in [0.05, 0.1) is 0 Å². The Morgan fingerprint density at radius 1 is 1.38 bits per heavy atom. The SMILES string of the molecule is C#CCCCNC1CC(N)c2ccccc21. The first kappa shape index (κ1) is 11.2. The Morgan fingerprint density at radius 3 is 2.88 bits per heavy atom. The van der Waals surface area contributed by atoms with Crippen LogP contribution in [-0.2, 0) is 0 Å². The van der Waals surface area contributed by atoms with E-state index in [0.717, 1.165) is 25.8 Å². The molecule has 0 spiro atoms. The molecule has 2 rings (SSSR count). The lowest BCUT2D eigenvalue weighted by Gasteiger charge is -2.13. The summed E-state index contributed by atoms with van der Waals surface area (Å²) in [5.41, 5.74) is 8.74. The van der Waals surface area contributed by atoms with Crippen LogP contribution in [-0.4, -0.2) is 6.54 Å². The first-order valence-corrected chi connectivity index (χ1v) is 5.84. The highest BCUT2D eigenvalue weighted by atomic mass is 14.9. The zero-order valence-electron chi connectivity index (χ0n) is 9.45. The predicted octanol–water partition coefficient (Wildman–Crippen LogP) is 2.13. The fourth-order valence-corrected chi connectivity index (χ4v) is 2.33. The number of hydrogen-bond donors (Lipinski definition) is 2. The van der Waals surface area contributed by atoms with Crippen LogP contribution in [0.4, 0.5) is 0 Å². The molecule has 0 bridgehead atoms. The molecule has 0 saturated heterocycles. The summed E-state index contributed by atoms with van der Waals surface area (Å²) in [4.78, 5) is 0. The van der Waals surface area contributed by atoms with Gasteiger partial charge < -0.3 is 11.1 Å². The van der Waals surface area contributed by atoms with Gasteiger partial charge in [-0.1, -0.05) is 24.3 Å². The number of benzene rings is 1. The molecule has 84 valence electrons. The van der Waals surface area contributed by atoms with Crippen molar-refractivity contribution in [2.24, 2.45) is 5.73 Å². The summed E-state index contributed by atoms with van der Waals surface area (Å²) in [5, 5.41) is 3.53. The van der Waals surface area contributed by atoms with E-state index in [-0.39, 0.29) is 6.04 Å². The Bertz CT molecular complexity index is 392. The standard InChI is InChI=1S/C14H18N2/c1-2-3-6-9-16-14-10-13(15)11-7-4-5-8-12(11)14/h1,4-5,7-8,13-14,16H,3,6,9-10,15H2. The normalized spacial score (nSPS) is 22.8. The molecule has 1 aliphatic carbocycles. The van der Waals surface area contributed by atoms with Crippen LogP contribution in [0.3, 0.4) is 0 Å². The van der Waals surface area contributed by atoms with E-state index >= 15 is 0 Å². The minimum atomic E-state index is 0.182. The van der Waals surface area contributed by atoms with Crippen LogP contribution in [0.2, 0.25) is 0 Å². The molecule has 16 heavy (non-hydrogen) atoms. The molecule has 1 aromatic rings. The second kappa shape index (κ2) is 5.16. The summed E-state index contributed by atoms with van der Waals surface area (Å²) < 4.78 is 0. The topological polar surface area (TPSA) is 38.0 Å². The molecule has 0 heterocycles. The summed E-state index contributed by atoms with van der Waals surface area (Å²) in [6, 6.07) is 9.02. The van der Waals surface area contributed by atoms with Crippen LogP contribution in [0.5, 0.6) is 0 Å². The lowest BCUT2D eigenvalue weighted by molar-refractivity contribution is 0.495. The van der Waals surface area contributed by atoms with E-state index in [0.29, 0.717) is 6.04 Å². The van der Waals surface area contributed by atoms with Crippen LogP contribution in [0.25, 0.3) is 0 Å². The number of unbranched alkanes of at least 4 members (excludes halogenated alkanes) is 1. The third-order valence-electron chi connectivity index (χ3n) is 3.15. The smallest absolute Gasteiger partial charge is 0.0341 e. The van der Waals surface area contributed by atoms with Crippen molar-refractivity contribution in [2.45, 2.75) is 31.3 Å². The summed E-state index contributed by atoms with van der Waals surface area (Å²) in [5.74, 6) is 2.66. The van der Waals surface area contributed by atoms with Crippen molar-refractivity contribution in [3.05, 3.63) is 35.4 Å². The van der Waals surface area contributed by atoms with Crippen molar-refractivity contribution in [2.75, 3.05) is 6.54 Å². The Morgan fingerprint density at radius 2 is 2.12 bits per heavy atom. The van der Waals surface area contributed by atoms with Crippen LogP contribution in [0, 0.1) is 12.3 Å². The van der Waals surface area contributed by atoms with E-state index in [1.807, 2.05) is 0 Å². The molecule has 0 radical (unpaired) electrons. The summed E-state index contributed by atoms with van der Waals surface area (Å²) >= 11 is 0. The van der Waals surface area contributed by atoms with Gasteiger partial charge >= 0.3 is 0 Å². The molecule has 1 aromatic carbocycles. The lowest BCUT2D eigenvalue weighted by Crippen LogP contribution is -2.21. The molecule has 0 saturated carbocycles. The summed E-state index contributed by atoms with van der Waals surface area (Å²) in [7, 11) is 0. The third kappa shape index (κ3) is 2.27. The fraction of sp³-hybridized carbons (Fsp3) is 0.429. The second-order valence-corrected chi connectivity index (χ2v) is 4.29. The van der Waals surface area contributed by atoms with Crippen molar-refractivity contribution < 1.29 is 0 Å². The summed E-state index contributed by atoms with van der Waals surface area (Å²) in [6.45, 7) is 0.968. The molecular formula is C14H18N2. The van der Waals surface area contributed by atoms with E-state index < -0.39 is 0 Å². The van der Waals surface area contributed by atoms with E-state index in [9.17, 15) is 0 Å². The number of terminal acetylenes is 1. The number of rotatable bonds is 4. The molecule has 3 N–H and O–H groups in total. The number of nitrogens with one attached hydrogen (secondary N) is 1. The Balaban J connectivity index is 1.96. The summed E-state index contributed by atoms with van der Waals surface area (Å²) in [6.07, 6.45) is 8.09. The molecule has 2 nitrogen and oxygen atoms in total. The molecule has 0 aromatic heterocycles. The number of fused-ring (bicyclic) bond motifs is 1. The van der Waals surface area contributed by atoms with Gasteiger partial charge in [0, 0.05) is 18.5 Å². The largest absolute Gasteiger partial charge is 0.324 e. The highest BCUT2D eigenvalue weighted by molar-refractivity contribution is 5.37. The lowest BCUT2D eigenvalue weighted by atomic mass is 10.1. The molecule has 0 amide bonds. The number of hydrogen-bond acceptors (Lipinski definition) is 2. The van der Waals surface area contributed by atoms with E-state index in [1.165, 1.54) is 11.1 Å². The Hall–Kier alpha value is -1.30. The minimum Gasteiger partial charge on any atom is -0.324 e. The van der Waals surface area contributed by atoms with Gasteiger partial charge in [0.25, 0.3) is 0 Å². The second-order valence-electron chi connectivity index (χ2n) is 4.29. The van der Waals surface area contributed by atoms with Gasteiger partial charge in [-0.05, 0) is 30.5 Å². The monoisotopic (exact) mass is 214 g/mol. The molecule has 0 fully saturated rings. The minimum absolute atomic E-state index is 0.182. The van der Waals surface area contributed by atoms with Gasteiger partial charge in [0.2, 0.25) is 0 Å². The Labute approximate surface area is 97.2 Å². The average molecular weight is 214 g/mol. The van der Waals surface area contributed by atoms with E-state index in [2.05, 4.69) is 35.5 Å². The van der Waals surface area contributed by atoms with Crippen LogP contribution < -0.4 is 11.1 Å². The molecular weight excluding hydrogens is 196 g/mol. The molecule has 2 heteroatoms. The predicted molar refractivity (Wildman–Crippen MR) is 66.8 cm³/mol. The zero-order valence-corrected chi connectivity index (χ0v) is 9.45. The van der Waals surface area contributed by atoms with Crippen molar-refractivity contribution in [3.8, 4) is 12.3 Å². The molecule has 2 unspecified atom stereocenters. The highest BCUT2D eigenvalue weighted by Crippen LogP contribution is 2.36. The van der Waals surface area contributed by atoms with Gasteiger partial charge in [-0.15, -0.1) is 12.3 Å². The van der Waals surface area contributed by atoms with Crippen molar-refractivity contribution >= 4 is 0 Å². The maximum atomic E-state index is 6.09. The molecule has 0 aliphatic heterocycles. The van der Waals surface area contributed by atoms with Gasteiger partial charge in [-0.3, -0.25) is 0 Å². The molecule has 1 aliphatic rings. The third-order valence-corrected chi connectivity index (χ3v) is 3.15. The van der Waals surface area contributed by atoms with E-state index in [1.54, 1.807) is 0 Å². The highest BCUT2D eigenvalue weighted by Gasteiger charge is 2.27. The Kier molecular flexibility index (Phi) is 3.61. The zero-order chi connectivity index (χ0) is 11.4. The quantitative estimate of drug-likeness (QED) is 0.595. The van der Waals surface area contributed by atoms with Gasteiger partial charge in [-0.25, -0.2) is 0 Å². The van der Waals surface area contributed by atoms with Gasteiger partial charge in [0.15, 0.2) is 0 Å². The van der Waals surface area contributed by atoms with Crippen molar-refractivity contribution in [1.29, 1.82) is 0 Å².